The second-order valence-electron chi connectivity index (χ2n) is 12.5. The largest absolute Gasteiger partial charge is 0.494 e. The van der Waals surface area contributed by atoms with Crippen LogP contribution in [0.1, 0.15) is 18.4 Å². The van der Waals surface area contributed by atoms with Crippen LogP contribution < -0.4 is 24.6 Å². The number of ether oxygens (including phenoxy) is 1. The smallest absolute Gasteiger partial charge is 0.232 e. The first-order valence-corrected chi connectivity index (χ1v) is 17.7. The molecule has 46 heavy (non-hydrogen) atoms. The molecule has 0 atom stereocenters. The van der Waals surface area contributed by atoms with Gasteiger partial charge in [0.25, 0.3) is 0 Å². The molecule has 0 amide bonds. The Bertz CT molecular complexity index is 1850. The molecule has 3 aliphatic rings. The monoisotopic (exact) mass is 646 g/mol. The summed E-state index contributed by atoms with van der Waals surface area (Å²) in [5.41, 5.74) is 5.35. The molecule has 0 saturated carbocycles. The maximum atomic E-state index is 12.6. The van der Waals surface area contributed by atoms with E-state index in [-0.39, 0.29) is 0 Å². The molecule has 3 aliphatic heterocycles. The number of methoxy groups -OCH3 is 1. The molecule has 2 aromatic carbocycles. The highest BCUT2D eigenvalue weighted by Gasteiger charge is 2.30. The number of hydrogen-bond donors (Lipinski definition) is 2. The van der Waals surface area contributed by atoms with Gasteiger partial charge in [0, 0.05) is 70.7 Å². The summed E-state index contributed by atoms with van der Waals surface area (Å²) in [7, 11) is 2.32. The van der Waals surface area contributed by atoms with E-state index in [4.69, 9.17) is 14.7 Å². The van der Waals surface area contributed by atoms with Crippen LogP contribution in [0.2, 0.25) is 0 Å². The van der Waals surface area contributed by atoms with Crippen LogP contribution in [-0.4, -0.2) is 110 Å². The number of likely N-dealkylation sites (N-methyl/N-ethyl adjacent to an activating group) is 1. The predicted octanol–water partition coefficient (Wildman–Crippen LogP) is 3.40. The Balaban J connectivity index is 1.12. The second kappa shape index (κ2) is 12.2. The zero-order chi connectivity index (χ0) is 32.0. The van der Waals surface area contributed by atoms with Crippen molar-refractivity contribution in [2.75, 3.05) is 86.1 Å². The van der Waals surface area contributed by atoms with Crippen LogP contribution in [0.15, 0.2) is 42.7 Å². The number of aryl methyl sites for hydroxylation is 1. The number of aromatic nitrogens is 4. The fourth-order valence-electron chi connectivity index (χ4n) is 6.91. The third-order valence-corrected chi connectivity index (χ3v) is 10.6. The highest BCUT2D eigenvalue weighted by atomic mass is 32.2. The fourth-order valence-corrected chi connectivity index (χ4v) is 7.88. The van der Waals surface area contributed by atoms with Gasteiger partial charge in [-0.15, -0.1) is 0 Å². The van der Waals surface area contributed by atoms with Gasteiger partial charge in [-0.3, -0.25) is 9.21 Å². The van der Waals surface area contributed by atoms with Crippen molar-refractivity contribution < 1.29 is 13.2 Å². The zero-order valence-corrected chi connectivity index (χ0v) is 27.7. The van der Waals surface area contributed by atoms with Crippen molar-refractivity contribution in [3.8, 4) is 5.75 Å². The van der Waals surface area contributed by atoms with Gasteiger partial charge in [0.15, 0.2) is 17.0 Å². The summed E-state index contributed by atoms with van der Waals surface area (Å²) in [6.07, 6.45) is 5.89. The Labute approximate surface area is 270 Å². The average Bonchev–Trinajstić information content (AvgIpc) is 3.67. The standard InChI is InChI=1S/C32H42N10O3S/c1-38-16-18-41(19-17-38)23-11-13-40(14-12-23)24-8-9-25(27(20-24)45-3)35-32-36-30(28-31(37-32)39(2)21-33-28)34-26-7-5-6-22-10-15-42(29(22)26)46(4,43)44/h5-9,20-21,23H,10-19H2,1-4H3,(H2,34,35,36,37). The first kappa shape index (κ1) is 30.5. The van der Waals surface area contributed by atoms with Crippen molar-refractivity contribution in [3.05, 3.63) is 48.3 Å². The predicted molar refractivity (Wildman–Crippen MR) is 183 cm³/mol. The third kappa shape index (κ3) is 5.92. The Hall–Kier alpha value is -4.14. The molecular weight excluding hydrogens is 604 g/mol. The van der Waals surface area contributed by atoms with Gasteiger partial charge in [-0.25, -0.2) is 13.4 Å². The quantitative estimate of drug-likeness (QED) is 0.293. The Morgan fingerprint density at radius 2 is 1.70 bits per heavy atom. The summed E-state index contributed by atoms with van der Waals surface area (Å²) < 4.78 is 34.3. The van der Waals surface area contributed by atoms with Gasteiger partial charge in [0.1, 0.15) is 5.75 Å². The van der Waals surface area contributed by atoms with Crippen LogP contribution in [0.3, 0.4) is 0 Å². The summed E-state index contributed by atoms with van der Waals surface area (Å²) in [4.78, 5) is 21.6. The van der Waals surface area contributed by atoms with E-state index in [0.717, 1.165) is 69.0 Å². The number of benzene rings is 2. The molecule has 0 bridgehead atoms. The lowest BCUT2D eigenvalue weighted by atomic mass is 10.0. The number of nitrogens with one attached hydrogen (secondary N) is 2. The van der Waals surface area contributed by atoms with Crippen LogP contribution >= 0.6 is 0 Å². The minimum absolute atomic E-state index is 0.366. The molecule has 2 saturated heterocycles. The van der Waals surface area contributed by atoms with E-state index >= 15 is 0 Å². The van der Waals surface area contributed by atoms with E-state index in [9.17, 15) is 8.42 Å². The molecule has 7 rings (SSSR count). The number of piperazine rings is 1. The van der Waals surface area contributed by atoms with Gasteiger partial charge in [-0.05, 0) is 50.1 Å². The highest BCUT2D eigenvalue weighted by Crippen LogP contribution is 2.39. The number of piperidine rings is 1. The van der Waals surface area contributed by atoms with E-state index in [1.807, 2.05) is 35.9 Å². The fraction of sp³-hybridized carbons (Fsp3) is 0.469. The number of hydrogen-bond acceptors (Lipinski definition) is 11. The molecule has 0 radical (unpaired) electrons. The summed E-state index contributed by atoms with van der Waals surface area (Å²) in [5, 5.41) is 6.75. The van der Waals surface area contributed by atoms with E-state index in [2.05, 4.69) is 49.5 Å². The summed E-state index contributed by atoms with van der Waals surface area (Å²) >= 11 is 0. The third-order valence-electron chi connectivity index (χ3n) is 9.48. The van der Waals surface area contributed by atoms with E-state index in [0.29, 0.717) is 59.1 Å². The normalized spacial score (nSPS) is 18.3. The highest BCUT2D eigenvalue weighted by molar-refractivity contribution is 7.92. The maximum absolute atomic E-state index is 12.6. The van der Waals surface area contributed by atoms with Gasteiger partial charge in [0.05, 0.1) is 36.8 Å². The lowest BCUT2D eigenvalue weighted by molar-refractivity contribution is 0.0982. The van der Waals surface area contributed by atoms with E-state index in [1.54, 1.807) is 13.4 Å². The lowest BCUT2D eigenvalue weighted by Crippen LogP contribution is -2.52. The Kier molecular flexibility index (Phi) is 8.11. The molecule has 2 aromatic heterocycles. The first-order chi connectivity index (χ1) is 22.2. The minimum atomic E-state index is -3.44. The molecule has 4 aromatic rings. The van der Waals surface area contributed by atoms with E-state index in [1.165, 1.54) is 10.6 Å². The van der Waals surface area contributed by atoms with E-state index < -0.39 is 10.0 Å². The van der Waals surface area contributed by atoms with Gasteiger partial charge < -0.3 is 29.7 Å². The van der Waals surface area contributed by atoms with Gasteiger partial charge in [-0.2, -0.15) is 9.97 Å². The van der Waals surface area contributed by atoms with Gasteiger partial charge >= 0.3 is 0 Å². The molecule has 2 fully saturated rings. The van der Waals surface area contributed by atoms with Crippen molar-refractivity contribution in [1.82, 2.24) is 29.3 Å². The summed E-state index contributed by atoms with van der Waals surface area (Å²) in [5.74, 6) is 1.54. The summed E-state index contributed by atoms with van der Waals surface area (Å²) in [6, 6.07) is 12.6. The van der Waals surface area contributed by atoms with Crippen molar-refractivity contribution in [2.45, 2.75) is 25.3 Å². The number of sulfonamides is 1. The lowest BCUT2D eigenvalue weighted by Gasteiger charge is -2.42. The number of para-hydroxylation sites is 1. The number of nitrogens with zero attached hydrogens (tertiary/aromatic N) is 8. The Morgan fingerprint density at radius 3 is 2.43 bits per heavy atom. The number of rotatable bonds is 8. The van der Waals surface area contributed by atoms with Crippen molar-refractivity contribution in [2.24, 2.45) is 7.05 Å². The number of anilines is 6. The first-order valence-electron chi connectivity index (χ1n) is 15.9. The van der Waals surface area contributed by atoms with Crippen LogP contribution in [0.5, 0.6) is 5.75 Å². The molecule has 14 heteroatoms. The number of fused-ring (bicyclic) bond motifs is 2. The van der Waals surface area contributed by atoms with Crippen LogP contribution in [0.4, 0.5) is 34.5 Å². The molecule has 244 valence electrons. The van der Waals surface area contributed by atoms with Gasteiger partial charge in [-0.1, -0.05) is 12.1 Å². The molecule has 0 aliphatic carbocycles. The molecule has 0 unspecified atom stereocenters. The van der Waals surface area contributed by atoms with Gasteiger partial charge in [0.2, 0.25) is 16.0 Å². The van der Waals surface area contributed by atoms with Crippen LogP contribution in [-0.2, 0) is 23.5 Å². The molecule has 13 nitrogen and oxygen atoms in total. The maximum Gasteiger partial charge on any atom is 0.232 e. The van der Waals surface area contributed by atoms with Crippen molar-refractivity contribution in [3.63, 3.8) is 0 Å². The second-order valence-corrected chi connectivity index (χ2v) is 14.4. The Morgan fingerprint density at radius 1 is 0.913 bits per heavy atom. The summed E-state index contributed by atoms with van der Waals surface area (Å²) in [6.45, 7) is 7.06. The molecule has 2 N–H and O–H groups in total. The average molecular weight is 647 g/mol. The van der Waals surface area contributed by atoms with Crippen molar-refractivity contribution in [1.29, 1.82) is 0 Å². The zero-order valence-electron chi connectivity index (χ0n) is 26.9. The molecule has 0 spiro atoms. The van der Waals surface area contributed by atoms with Crippen LogP contribution in [0.25, 0.3) is 11.2 Å². The van der Waals surface area contributed by atoms with Crippen LogP contribution in [0, 0.1) is 0 Å². The number of imidazole rings is 1. The molecule has 5 heterocycles. The van der Waals surface area contributed by atoms with Crippen molar-refractivity contribution >= 4 is 55.7 Å². The minimum Gasteiger partial charge on any atom is -0.494 e. The topological polar surface area (TPSA) is 124 Å². The molecular formula is C32H42N10O3S. The SMILES string of the molecule is COc1cc(N2CCC(N3CCN(C)CC3)CC2)ccc1Nc1nc(Nc2cccc3c2N(S(C)(=O)=O)CC3)c2ncn(C)c2n1.